The molecular weight excluding hydrogens is 581 g/mol. The van der Waals surface area contributed by atoms with Crippen LogP contribution in [0.5, 0.6) is 0 Å². The number of hydrogen-bond acceptors (Lipinski definition) is 2. The van der Waals surface area contributed by atoms with E-state index in [4.69, 9.17) is 9.98 Å². The van der Waals surface area contributed by atoms with Crippen LogP contribution in [0.1, 0.15) is 205 Å². The molecule has 0 aliphatic carbocycles. The SMILES string of the molecule is CCCCCCCCC(=Nc1cc(CCCC)cc(CCCC)c1)C(CCCCCCCC)=Nc1cc(CCCC)cc(CCCC)c1. The quantitative estimate of drug-likeness (QED) is 0.0615. The molecule has 0 bridgehead atoms. The maximum absolute atomic E-state index is 5.58. The summed E-state index contributed by atoms with van der Waals surface area (Å²) in [4.78, 5) is 11.2. The van der Waals surface area contributed by atoms with Gasteiger partial charge in [-0.15, -0.1) is 0 Å². The summed E-state index contributed by atoms with van der Waals surface area (Å²) >= 11 is 0. The molecule has 0 heterocycles. The summed E-state index contributed by atoms with van der Waals surface area (Å²) in [5.74, 6) is 0. The summed E-state index contributed by atoms with van der Waals surface area (Å²) in [6.45, 7) is 13.8. The van der Waals surface area contributed by atoms with Gasteiger partial charge in [0.1, 0.15) is 0 Å². The maximum Gasteiger partial charge on any atom is 0.0639 e. The Balaban J connectivity index is 2.60. The molecule has 0 aliphatic heterocycles. The molecule has 0 fully saturated rings. The van der Waals surface area contributed by atoms with E-state index < -0.39 is 0 Å². The van der Waals surface area contributed by atoms with Gasteiger partial charge in [-0.05, 0) is 124 Å². The summed E-state index contributed by atoms with van der Waals surface area (Å²) in [7, 11) is 0. The van der Waals surface area contributed by atoms with E-state index in [9.17, 15) is 0 Å². The van der Waals surface area contributed by atoms with Gasteiger partial charge in [-0.3, -0.25) is 9.98 Å². The summed E-state index contributed by atoms with van der Waals surface area (Å²) in [5.41, 5.74) is 10.7. The number of unbranched alkanes of at least 4 members (excludes halogenated alkanes) is 14. The number of aliphatic imine (C=N–C) groups is 2. The molecule has 0 aromatic heterocycles. The fourth-order valence-corrected chi connectivity index (χ4v) is 6.70. The molecule has 0 unspecified atom stereocenters. The molecule has 0 spiro atoms. The Morgan fingerprint density at radius 3 is 0.896 bits per heavy atom. The van der Waals surface area contributed by atoms with Crippen LogP contribution in [0.3, 0.4) is 0 Å². The van der Waals surface area contributed by atoms with Gasteiger partial charge in [0.25, 0.3) is 0 Å². The second-order valence-electron chi connectivity index (χ2n) is 14.6. The lowest BCUT2D eigenvalue weighted by molar-refractivity contribution is 0.613. The Kier molecular flexibility index (Phi) is 24.1. The maximum atomic E-state index is 5.58. The standard InChI is InChI=1S/C46H76N2/c1-7-13-19-21-23-25-31-45(47-43-35-39(27-15-9-3)33-40(36-43)28-16-10-4)46(32-26-24-22-20-14-8-2)48-44-37-41(29-17-11-5)34-42(38-44)30-18-12-6/h33-38H,7-32H2,1-6H3. The van der Waals surface area contributed by atoms with Crippen LogP contribution in [0.2, 0.25) is 0 Å². The Labute approximate surface area is 299 Å². The third-order valence-corrected chi connectivity index (χ3v) is 9.75. The Bertz CT molecular complexity index is 1010. The highest BCUT2D eigenvalue weighted by atomic mass is 14.8. The van der Waals surface area contributed by atoms with Crippen LogP contribution in [0.4, 0.5) is 11.4 Å². The smallest absolute Gasteiger partial charge is 0.0639 e. The molecule has 2 heteroatoms. The van der Waals surface area contributed by atoms with Gasteiger partial charge in [0, 0.05) is 0 Å². The number of benzene rings is 2. The monoisotopic (exact) mass is 657 g/mol. The van der Waals surface area contributed by atoms with Crippen LogP contribution in [-0.2, 0) is 25.7 Å². The first kappa shape index (κ1) is 41.9. The highest BCUT2D eigenvalue weighted by molar-refractivity contribution is 6.43. The highest BCUT2D eigenvalue weighted by Crippen LogP contribution is 2.26. The highest BCUT2D eigenvalue weighted by Gasteiger charge is 2.13. The molecule has 0 atom stereocenters. The second kappa shape index (κ2) is 27.6. The lowest BCUT2D eigenvalue weighted by atomic mass is 9.98. The summed E-state index contributed by atoms with van der Waals surface area (Å²) in [5, 5.41) is 0. The zero-order valence-corrected chi connectivity index (χ0v) is 32.7. The molecule has 48 heavy (non-hydrogen) atoms. The van der Waals surface area contributed by atoms with Crippen molar-refractivity contribution in [2.24, 2.45) is 9.98 Å². The van der Waals surface area contributed by atoms with Crippen LogP contribution in [0, 0.1) is 0 Å². The average Bonchev–Trinajstić information content (AvgIpc) is 3.09. The number of rotatable bonds is 29. The van der Waals surface area contributed by atoms with Crippen molar-refractivity contribution >= 4 is 22.8 Å². The molecule has 2 nitrogen and oxygen atoms in total. The molecule has 0 saturated carbocycles. The Hall–Kier alpha value is -2.22. The summed E-state index contributed by atoms with van der Waals surface area (Å²) < 4.78 is 0. The van der Waals surface area contributed by atoms with Crippen molar-refractivity contribution in [2.75, 3.05) is 0 Å². The topological polar surface area (TPSA) is 24.7 Å². The zero-order valence-electron chi connectivity index (χ0n) is 32.7. The van der Waals surface area contributed by atoms with E-state index in [1.54, 1.807) is 0 Å². The number of hydrogen-bond donors (Lipinski definition) is 0. The van der Waals surface area contributed by atoms with E-state index >= 15 is 0 Å². The van der Waals surface area contributed by atoms with E-state index in [-0.39, 0.29) is 0 Å². The van der Waals surface area contributed by atoms with Crippen LogP contribution in [0.25, 0.3) is 0 Å². The summed E-state index contributed by atoms with van der Waals surface area (Å²) in [6.07, 6.45) is 32.2. The van der Waals surface area contributed by atoms with E-state index in [0.29, 0.717) is 0 Å². The normalized spacial score (nSPS) is 12.3. The van der Waals surface area contributed by atoms with Crippen molar-refractivity contribution in [3.8, 4) is 0 Å². The van der Waals surface area contributed by atoms with E-state index in [2.05, 4.69) is 77.9 Å². The average molecular weight is 657 g/mol. The van der Waals surface area contributed by atoms with Gasteiger partial charge in [0.2, 0.25) is 0 Å². The van der Waals surface area contributed by atoms with E-state index in [0.717, 1.165) is 49.9 Å². The summed E-state index contributed by atoms with van der Waals surface area (Å²) in [6, 6.07) is 14.5. The first-order valence-corrected chi connectivity index (χ1v) is 21.0. The van der Waals surface area contributed by atoms with Crippen molar-refractivity contribution in [3.63, 3.8) is 0 Å². The molecule has 0 radical (unpaired) electrons. The van der Waals surface area contributed by atoms with Crippen LogP contribution >= 0.6 is 0 Å². The molecule has 0 N–H and O–H groups in total. The van der Waals surface area contributed by atoms with Gasteiger partial charge < -0.3 is 0 Å². The van der Waals surface area contributed by atoms with Crippen LogP contribution in [-0.4, -0.2) is 11.4 Å². The lowest BCUT2D eigenvalue weighted by Crippen LogP contribution is -2.15. The van der Waals surface area contributed by atoms with Crippen molar-refractivity contribution in [1.82, 2.24) is 0 Å². The molecule has 270 valence electrons. The van der Waals surface area contributed by atoms with Gasteiger partial charge in [-0.2, -0.15) is 0 Å². The Morgan fingerprint density at radius 2 is 0.604 bits per heavy atom. The fraction of sp³-hybridized carbons (Fsp3) is 0.696. The first-order valence-electron chi connectivity index (χ1n) is 21.0. The predicted octanol–water partition coefficient (Wildman–Crippen LogP) is 15.4. The van der Waals surface area contributed by atoms with Crippen molar-refractivity contribution in [1.29, 1.82) is 0 Å². The van der Waals surface area contributed by atoms with Crippen molar-refractivity contribution < 1.29 is 0 Å². The minimum atomic E-state index is 1.03. The second-order valence-corrected chi connectivity index (χ2v) is 14.6. The Morgan fingerprint density at radius 1 is 0.333 bits per heavy atom. The third-order valence-electron chi connectivity index (χ3n) is 9.75. The number of nitrogens with zero attached hydrogens (tertiary/aromatic N) is 2. The van der Waals surface area contributed by atoms with Crippen LogP contribution < -0.4 is 0 Å². The van der Waals surface area contributed by atoms with E-state index in [1.807, 2.05) is 0 Å². The van der Waals surface area contributed by atoms with Gasteiger partial charge in [-0.1, -0.05) is 144 Å². The largest absolute Gasteiger partial charge is 0.252 e. The number of aryl methyl sites for hydroxylation is 4. The molecule has 2 aromatic carbocycles. The van der Waals surface area contributed by atoms with Crippen molar-refractivity contribution in [3.05, 3.63) is 58.7 Å². The molecule has 0 saturated heterocycles. The predicted molar refractivity (Wildman–Crippen MR) is 218 cm³/mol. The van der Waals surface area contributed by atoms with Gasteiger partial charge in [0.05, 0.1) is 22.8 Å². The van der Waals surface area contributed by atoms with Gasteiger partial charge in [-0.25, -0.2) is 0 Å². The first-order chi connectivity index (χ1) is 23.6. The lowest BCUT2D eigenvalue weighted by Gasteiger charge is -2.14. The van der Waals surface area contributed by atoms with Gasteiger partial charge >= 0.3 is 0 Å². The molecule has 0 amide bonds. The van der Waals surface area contributed by atoms with Crippen molar-refractivity contribution in [2.45, 2.75) is 208 Å². The fourth-order valence-electron chi connectivity index (χ4n) is 6.70. The molecule has 2 rings (SSSR count). The molecule has 2 aromatic rings. The third kappa shape index (κ3) is 18.5. The molecule has 0 aliphatic rings. The van der Waals surface area contributed by atoms with E-state index in [1.165, 1.54) is 162 Å². The minimum Gasteiger partial charge on any atom is -0.252 e. The van der Waals surface area contributed by atoms with Crippen LogP contribution in [0.15, 0.2) is 46.4 Å². The molecular formula is C46H76N2. The zero-order chi connectivity index (χ0) is 34.7. The minimum absolute atomic E-state index is 1.03. The van der Waals surface area contributed by atoms with Gasteiger partial charge in [0.15, 0.2) is 0 Å².